The number of aliphatic hydroxyl groups excluding tert-OH is 1. The standard InChI is InChI=1S/C28H35I3O5/c1-15-6-5-9-26(14-21(34)35)11-8-18-23(2)10-7-17-24(3,13-16(32)22(36)25(17,4)29)19(23)12-20(33)27(18,30)28(15,26)31/h12-13,15,17-18,32H,5-11,14H2,1-4H3,(H,34,35). The van der Waals surface area contributed by atoms with Gasteiger partial charge in [-0.3, -0.25) is 14.4 Å². The smallest absolute Gasteiger partial charge is 0.303 e. The van der Waals surface area contributed by atoms with Crippen molar-refractivity contribution in [2.45, 2.75) is 89.3 Å². The summed E-state index contributed by atoms with van der Waals surface area (Å²) in [6, 6.07) is 0. The third kappa shape index (κ3) is 3.18. The number of carboxylic acid groups (broad SMARTS) is 1. The molecule has 0 spiro atoms. The molecule has 0 aliphatic heterocycles. The van der Waals surface area contributed by atoms with E-state index in [-0.39, 0.29) is 46.9 Å². The van der Waals surface area contributed by atoms with Crippen LogP contribution in [-0.4, -0.2) is 38.0 Å². The molecule has 5 rings (SSSR count). The molecule has 0 saturated heterocycles. The molecule has 0 aromatic carbocycles. The molecule has 5 aliphatic carbocycles. The van der Waals surface area contributed by atoms with Crippen LogP contribution in [0, 0.1) is 34.0 Å². The number of carbonyl (C=O) groups is 3. The molecule has 0 aromatic heterocycles. The Labute approximate surface area is 254 Å². The van der Waals surface area contributed by atoms with Gasteiger partial charge in [-0.2, -0.15) is 0 Å². The van der Waals surface area contributed by atoms with Gasteiger partial charge in [-0.1, -0.05) is 101 Å². The van der Waals surface area contributed by atoms with E-state index in [1.165, 1.54) is 0 Å². The van der Waals surface area contributed by atoms with Crippen LogP contribution in [0.25, 0.3) is 0 Å². The molecule has 3 fully saturated rings. The van der Waals surface area contributed by atoms with Crippen LogP contribution in [0.2, 0.25) is 0 Å². The number of ketones is 2. The van der Waals surface area contributed by atoms with Crippen molar-refractivity contribution in [2.75, 3.05) is 0 Å². The fraction of sp³-hybridized carbons (Fsp3) is 0.750. The molecule has 9 unspecified atom stereocenters. The zero-order valence-corrected chi connectivity index (χ0v) is 27.8. The van der Waals surface area contributed by atoms with Crippen molar-refractivity contribution in [3.05, 3.63) is 23.5 Å². The summed E-state index contributed by atoms with van der Waals surface area (Å²) in [7, 11) is 0. The molecule has 0 radical (unpaired) electrons. The number of alkyl halides is 3. The molecule has 198 valence electrons. The van der Waals surface area contributed by atoms with E-state index < -0.39 is 27.1 Å². The van der Waals surface area contributed by atoms with Crippen LogP contribution in [0.5, 0.6) is 0 Å². The van der Waals surface area contributed by atoms with Crippen molar-refractivity contribution in [1.82, 2.24) is 0 Å². The summed E-state index contributed by atoms with van der Waals surface area (Å²) in [5.74, 6) is -0.780. The Morgan fingerprint density at radius 3 is 2.31 bits per heavy atom. The molecule has 3 saturated carbocycles. The van der Waals surface area contributed by atoms with Crippen molar-refractivity contribution in [1.29, 1.82) is 0 Å². The second-order valence-electron chi connectivity index (χ2n) is 12.8. The molecule has 0 heterocycles. The first-order valence-corrected chi connectivity index (χ1v) is 16.3. The van der Waals surface area contributed by atoms with Gasteiger partial charge in [0.1, 0.15) is 3.42 Å². The monoisotopic (exact) mass is 832 g/mol. The molecule has 8 heteroatoms. The van der Waals surface area contributed by atoms with Crippen molar-refractivity contribution in [3.63, 3.8) is 0 Å². The number of hydrogen-bond acceptors (Lipinski definition) is 4. The van der Waals surface area contributed by atoms with Gasteiger partial charge in [0, 0.05) is 5.41 Å². The summed E-state index contributed by atoms with van der Waals surface area (Å²) in [6.45, 7) is 8.55. The normalized spacial score (nSPS) is 52.2. The van der Waals surface area contributed by atoms with Gasteiger partial charge >= 0.3 is 5.97 Å². The first-order chi connectivity index (χ1) is 16.5. The lowest BCUT2D eigenvalue weighted by Crippen LogP contribution is -2.74. The molecule has 9 atom stereocenters. The number of carbonyl (C=O) groups excluding carboxylic acids is 2. The van der Waals surface area contributed by atoms with Crippen molar-refractivity contribution < 1.29 is 24.6 Å². The highest BCUT2D eigenvalue weighted by Gasteiger charge is 2.76. The molecule has 0 bridgehead atoms. The molecule has 5 nitrogen and oxygen atoms in total. The van der Waals surface area contributed by atoms with Crippen molar-refractivity contribution >= 4 is 85.3 Å². The maximum atomic E-state index is 14.5. The van der Waals surface area contributed by atoms with Crippen LogP contribution in [0.15, 0.2) is 23.5 Å². The van der Waals surface area contributed by atoms with E-state index in [2.05, 4.69) is 88.5 Å². The number of aliphatic carboxylic acids is 1. The Hall–Kier alpha value is 0.280. The highest BCUT2D eigenvalue weighted by Crippen LogP contribution is 2.76. The molecule has 36 heavy (non-hydrogen) atoms. The average molecular weight is 832 g/mol. The van der Waals surface area contributed by atoms with Crippen LogP contribution in [0.1, 0.15) is 79.1 Å². The molecular weight excluding hydrogens is 797 g/mol. The third-order valence-corrected chi connectivity index (χ3v) is 18.7. The zero-order chi connectivity index (χ0) is 26.7. The van der Waals surface area contributed by atoms with E-state index >= 15 is 0 Å². The second-order valence-corrected chi connectivity index (χ2v) is 18.5. The lowest BCUT2D eigenvalue weighted by molar-refractivity contribution is -0.147. The summed E-state index contributed by atoms with van der Waals surface area (Å²) >= 11 is 7.23. The van der Waals surface area contributed by atoms with Crippen molar-refractivity contribution in [3.8, 4) is 0 Å². The van der Waals surface area contributed by atoms with Crippen LogP contribution < -0.4 is 0 Å². The number of fused-ring (bicyclic) bond motifs is 7. The SMILES string of the molecule is CC1CCCC2(CC(=O)O)CCC3C4(C)CCC5C(C)(I)C(=O)C(O)=CC5(C)C4=CC(=O)C3(I)C12I. The summed E-state index contributed by atoms with van der Waals surface area (Å²) in [5.41, 5.74) is -0.191. The maximum Gasteiger partial charge on any atom is 0.303 e. The first kappa shape index (κ1) is 27.8. The number of allylic oxidation sites excluding steroid dienone is 4. The van der Waals surface area contributed by atoms with Gasteiger partial charge in [-0.25, -0.2) is 0 Å². The lowest BCUT2D eigenvalue weighted by Gasteiger charge is -2.70. The van der Waals surface area contributed by atoms with E-state index in [1.807, 2.05) is 13.0 Å². The van der Waals surface area contributed by atoms with Gasteiger partial charge < -0.3 is 10.2 Å². The van der Waals surface area contributed by atoms with E-state index in [0.29, 0.717) is 0 Å². The van der Waals surface area contributed by atoms with Crippen LogP contribution in [0.4, 0.5) is 0 Å². The van der Waals surface area contributed by atoms with E-state index in [9.17, 15) is 24.6 Å². The zero-order valence-electron chi connectivity index (χ0n) is 21.3. The Balaban J connectivity index is 1.72. The van der Waals surface area contributed by atoms with Crippen molar-refractivity contribution in [2.24, 2.45) is 34.0 Å². The predicted octanol–water partition coefficient (Wildman–Crippen LogP) is 7.18. The van der Waals surface area contributed by atoms with Gasteiger partial charge in [0.25, 0.3) is 0 Å². The Morgan fingerprint density at radius 2 is 1.67 bits per heavy atom. The summed E-state index contributed by atoms with van der Waals surface area (Å²) in [5, 5.41) is 20.7. The molecule has 0 amide bonds. The lowest BCUT2D eigenvalue weighted by atomic mass is 9.39. The Kier molecular flexibility index (Phi) is 6.49. The summed E-state index contributed by atoms with van der Waals surface area (Å²) < 4.78 is -1.90. The topological polar surface area (TPSA) is 91.7 Å². The Bertz CT molecular complexity index is 1130. The van der Waals surface area contributed by atoms with E-state index in [0.717, 1.165) is 50.5 Å². The molecule has 2 N–H and O–H groups in total. The highest BCUT2D eigenvalue weighted by molar-refractivity contribution is 14.1. The van der Waals surface area contributed by atoms with Gasteiger partial charge in [-0.15, -0.1) is 0 Å². The average Bonchev–Trinajstić information content (AvgIpc) is 2.76. The number of carboxylic acids is 1. The number of hydrogen-bond donors (Lipinski definition) is 2. The van der Waals surface area contributed by atoms with Gasteiger partial charge in [-0.05, 0) is 86.2 Å². The fourth-order valence-corrected chi connectivity index (χ4v) is 14.8. The van der Waals surface area contributed by atoms with Gasteiger partial charge in [0.05, 0.1) is 13.3 Å². The predicted molar refractivity (Wildman–Crippen MR) is 164 cm³/mol. The summed E-state index contributed by atoms with van der Waals surface area (Å²) in [4.78, 5) is 39.6. The highest BCUT2D eigenvalue weighted by atomic mass is 127. The maximum absolute atomic E-state index is 14.5. The quantitative estimate of drug-likeness (QED) is 0.228. The largest absolute Gasteiger partial charge is 0.505 e. The summed E-state index contributed by atoms with van der Waals surface area (Å²) in [6.07, 6.45) is 9.98. The number of rotatable bonds is 2. The Morgan fingerprint density at radius 1 is 1.03 bits per heavy atom. The molecule has 0 aromatic rings. The first-order valence-electron chi connectivity index (χ1n) is 13.0. The molecule has 5 aliphatic rings. The minimum Gasteiger partial charge on any atom is -0.505 e. The van der Waals surface area contributed by atoms with Gasteiger partial charge in [0.15, 0.2) is 11.5 Å². The van der Waals surface area contributed by atoms with E-state index in [4.69, 9.17) is 0 Å². The van der Waals surface area contributed by atoms with E-state index in [1.54, 1.807) is 6.08 Å². The van der Waals surface area contributed by atoms with Crippen LogP contribution in [0.3, 0.4) is 0 Å². The fourth-order valence-electron chi connectivity index (χ4n) is 9.65. The van der Waals surface area contributed by atoms with Gasteiger partial charge in [0.2, 0.25) is 5.78 Å². The number of Topliss-reactive ketones (excluding diaryl/α,β-unsaturated/α-hetero) is 1. The van der Waals surface area contributed by atoms with Crippen LogP contribution in [-0.2, 0) is 14.4 Å². The number of aliphatic hydroxyl groups is 1. The molecular formula is C28H35I3O5. The number of halogens is 3. The minimum atomic E-state index is -0.767. The minimum absolute atomic E-state index is 0.000284. The van der Waals surface area contributed by atoms with Crippen LogP contribution >= 0.6 is 67.8 Å². The second kappa shape index (κ2) is 8.39. The third-order valence-electron chi connectivity index (χ3n) is 11.2.